The molecule has 0 radical (unpaired) electrons. The highest BCUT2D eigenvalue weighted by atomic mass is 35.5. The Morgan fingerprint density at radius 3 is 2.38 bits per heavy atom. The number of hydrogen-bond donors (Lipinski definition) is 3. The molecule has 2 rings (SSSR count). The van der Waals surface area contributed by atoms with E-state index in [0.29, 0.717) is 35.8 Å². The minimum atomic E-state index is -3.69. The van der Waals surface area contributed by atoms with Crippen molar-refractivity contribution < 1.29 is 8.42 Å². The molecule has 0 amide bonds. The molecule has 0 saturated carbocycles. The van der Waals surface area contributed by atoms with Crippen molar-refractivity contribution in [1.29, 1.82) is 0 Å². The number of primary sulfonamides is 1. The average Bonchev–Trinajstić information content (AvgIpc) is 2.84. The molecule has 1 aromatic carbocycles. The van der Waals surface area contributed by atoms with Crippen molar-refractivity contribution in [3.63, 3.8) is 0 Å². The third-order valence-electron chi connectivity index (χ3n) is 3.67. The van der Waals surface area contributed by atoms with Crippen LogP contribution < -0.4 is 15.8 Å². The molecule has 1 heterocycles. The number of rotatable bonds is 6. The van der Waals surface area contributed by atoms with Crippen LogP contribution in [0.5, 0.6) is 0 Å². The van der Waals surface area contributed by atoms with E-state index >= 15 is 0 Å². The van der Waals surface area contributed by atoms with Crippen LogP contribution in [-0.2, 0) is 30.2 Å². The minimum Gasteiger partial charge on any atom is -0.357 e. The summed E-state index contributed by atoms with van der Waals surface area (Å²) in [6.45, 7) is 3.55. The molecule has 142 valence electrons. The first-order chi connectivity index (χ1) is 12.2. The molecule has 0 spiro atoms. The van der Waals surface area contributed by atoms with Crippen LogP contribution in [0.4, 0.5) is 0 Å². The second-order valence-electron chi connectivity index (χ2n) is 5.57. The Morgan fingerprint density at radius 1 is 1.23 bits per heavy atom. The minimum absolute atomic E-state index is 0.0766. The summed E-state index contributed by atoms with van der Waals surface area (Å²) in [7, 11) is -1.85. The van der Waals surface area contributed by atoms with Gasteiger partial charge in [-0.2, -0.15) is 0 Å². The van der Waals surface area contributed by atoms with E-state index in [2.05, 4.69) is 15.6 Å². The molecule has 0 bridgehead atoms. The topological polar surface area (TPSA) is 102 Å². The summed E-state index contributed by atoms with van der Waals surface area (Å²) < 4.78 is 24.4. The SMILES string of the molecule is CCNC(=NCc1ccc(S(N)(=O)=O)cc1)NCc1cc(Cl)c(Cl)n1C. The van der Waals surface area contributed by atoms with Crippen LogP contribution in [0.1, 0.15) is 18.2 Å². The number of hydrogen-bond acceptors (Lipinski definition) is 3. The Morgan fingerprint density at radius 2 is 1.88 bits per heavy atom. The molecule has 10 heteroatoms. The third kappa shape index (κ3) is 5.38. The first-order valence-electron chi connectivity index (χ1n) is 7.86. The van der Waals surface area contributed by atoms with E-state index in [1.54, 1.807) is 22.8 Å². The zero-order chi connectivity index (χ0) is 19.3. The van der Waals surface area contributed by atoms with E-state index in [9.17, 15) is 8.42 Å². The summed E-state index contributed by atoms with van der Waals surface area (Å²) >= 11 is 12.1. The largest absolute Gasteiger partial charge is 0.357 e. The number of aromatic nitrogens is 1. The van der Waals surface area contributed by atoms with Crippen molar-refractivity contribution in [2.24, 2.45) is 17.2 Å². The maximum absolute atomic E-state index is 11.3. The van der Waals surface area contributed by atoms with Gasteiger partial charge in [-0.1, -0.05) is 35.3 Å². The number of nitrogens with zero attached hydrogens (tertiary/aromatic N) is 2. The zero-order valence-corrected chi connectivity index (χ0v) is 16.8. The number of guanidine groups is 1. The first-order valence-corrected chi connectivity index (χ1v) is 10.2. The molecule has 7 nitrogen and oxygen atoms in total. The summed E-state index contributed by atoms with van der Waals surface area (Å²) in [6, 6.07) is 8.10. The van der Waals surface area contributed by atoms with Gasteiger partial charge in [0.25, 0.3) is 0 Å². The van der Waals surface area contributed by atoms with Crippen molar-refractivity contribution >= 4 is 39.2 Å². The van der Waals surface area contributed by atoms with Gasteiger partial charge in [-0.25, -0.2) is 18.5 Å². The fraction of sp³-hybridized carbons (Fsp3) is 0.312. The van der Waals surface area contributed by atoms with Crippen LogP contribution in [0.25, 0.3) is 0 Å². The molecule has 0 saturated heterocycles. The highest BCUT2D eigenvalue weighted by Crippen LogP contribution is 2.24. The van der Waals surface area contributed by atoms with E-state index in [-0.39, 0.29) is 4.90 Å². The standard InChI is InChI=1S/C16H21Cl2N5O2S/c1-3-20-16(22-10-12-8-14(17)15(18)23(12)2)21-9-11-4-6-13(7-5-11)26(19,24)25/h4-8H,3,9-10H2,1-2H3,(H2,19,24,25)(H2,20,21,22). The summed E-state index contributed by atoms with van der Waals surface area (Å²) in [4.78, 5) is 4.56. The quantitative estimate of drug-likeness (QED) is 0.495. The van der Waals surface area contributed by atoms with Gasteiger partial charge in [0.1, 0.15) is 5.15 Å². The lowest BCUT2D eigenvalue weighted by Crippen LogP contribution is -2.37. The van der Waals surface area contributed by atoms with Gasteiger partial charge in [-0.15, -0.1) is 0 Å². The Kier molecular flexibility index (Phi) is 6.94. The predicted octanol–water partition coefficient (Wildman–Crippen LogP) is 2.23. The van der Waals surface area contributed by atoms with Crippen LogP contribution in [0.2, 0.25) is 10.2 Å². The van der Waals surface area contributed by atoms with Crippen molar-refractivity contribution in [2.45, 2.75) is 24.9 Å². The summed E-state index contributed by atoms with van der Waals surface area (Å²) in [5.74, 6) is 0.622. The molecule has 1 aromatic heterocycles. The van der Waals surface area contributed by atoms with Gasteiger partial charge in [-0.3, -0.25) is 0 Å². The van der Waals surface area contributed by atoms with Gasteiger partial charge in [0, 0.05) is 19.3 Å². The van der Waals surface area contributed by atoms with E-state index in [0.717, 1.165) is 11.3 Å². The maximum Gasteiger partial charge on any atom is 0.238 e. The van der Waals surface area contributed by atoms with Crippen LogP contribution in [0.3, 0.4) is 0 Å². The van der Waals surface area contributed by atoms with Gasteiger partial charge in [0.2, 0.25) is 10.0 Å². The van der Waals surface area contributed by atoms with Crippen LogP contribution in [0.15, 0.2) is 40.2 Å². The molecule has 26 heavy (non-hydrogen) atoms. The Hall–Kier alpha value is -1.74. The molecular weight excluding hydrogens is 397 g/mol. The molecule has 0 unspecified atom stereocenters. The zero-order valence-electron chi connectivity index (χ0n) is 14.5. The third-order valence-corrected chi connectivity index (χ3v) is 5.44. The van der Waals surface area contributed by atoms with Crippen LogP contribution in [0, 0.1) is 0 Å². The molecule has 2 aromatic rings. The highest BCUT2D eigenvalue weighted by molar-refractivity contribution is 7.89. The van der Waals surface area contributed by atoms with Gasteiger partial charge in [-0.05, 0) is 30.7 Å². The highest BCUT2D eigenvalue weighted by Gasteiger charge is 2.09. The van der Waals surface area contributed by atoms with E-state index < -0.39 is 10.0 Å². The Labute approximate surface area is 163 Å². The lowest BCUT2D eigenvalue weighted by atomic mass is 10.2. The van der Waals surface area contributed by atoms with Gasteiger partial charge >= 0.3 is 0 Å². The first kappa shape index (κ1) is 20.6. The maximum atomic E-state index is 11.3. The van der Waals surface area contributed by atoms with Crippen molar-refractivity contribution in [3.8, 4) is 0 Å². The number of sulfonamides is 1. The molecular formula is C16H21Cl2N5O2S. The van der Waals surface area contributed by atoms with Crippen molar-refractivity contribution in [3.05, 3.63) is 51.8 Å². The lowest BCUT2D eigenvalue weighted by Gasteiger charge is -2.12. The van der Waals surface area contributed by atoms with Crippen LogP contribution >= 0.6 is 23.2 Å². The fourth-order valence-electron chi connectivity index (χ4n) is 2.23. The summed E-state index contributed by atoms with van der Waals surface area (Å²) in [5.41, 5.74) is 1.78. The fourth-order valence-corrected chi connectivity index (χ4v) is 3.16. The number of nitrogens with one attached hydrogen (secondary N) is 2. The number of halogens is 2. The lowest BCUT2D eigenvalue weighted by molar-refractivity contribution is 0.598. The van der Waals surface area contributed by atoms with Crippen LogP contribution in [-0.4, -0.2) is 25.5 Å². The van der Waals surface area contributed by atoms with E-state index in [1.165, 1.54) is 12.1 Å². The molecule has 0 fully saturated rings. The Balaban J connectivity index is 2.05. The Bertz CT molecular complexity index is 892. The summed E-state index contributed by atoms with van der Waals surface area (Å²) in [6.07, 6.45) is 0. The normalized spacial score (nSPS) is 12.3. The summed E-state index contributed by atoms with van der Waals surface area (Å²) in [5, 5.41) is 12.4. The van der Waals surface area contributed by atoms with Crippen molar-refractivity contribution in [1.82, 2.24) is 15.2 Å². The second kappa shape index (κ2) is 8.77. The second-order valence-corrected chi connectivity index (χ2v) is 7.90. The smallest absolute Gasteiger partial charge is 0.238 e. The van der Waals surface area contributed by atoms with Gasteiger partial charge < -0.3 is 15.2 Å². The molecule has 4 N–H and O–H groups in total. The van der Waals surface area contributed by atoms with Gasteiger partial charge in [0.05, 0.1) is 23.0 Å². The monoisotopic (exact) mass is 417 g/mol. The molecule has 0 aliphatic heterocycles. The van der Waals surface area contributed by atoms with Crippen molar-refractivity contribution in [2.75, 3.05) is 6.54 Å². The molecule has 0 aliphatic rings. The number of nitrogens with two attached hydrogens (primary N) is 1. The molecule has 0 aliphatic carbocycles. The average molecular weight is 418 g/mol. The van der Waals surface area contributed by atoms with E-state index in [1.807, 2.05) is 14.0 Å². The van der Waals surface area contributed by atoms with E-state index in [4.69, 9.17) is 28.3 Å². The number of aliphatic imine (C=N–C) groups is 1. The molecule has 0 atom stereocenters. The number of benzene rings is 1. The predicted molar refractivity (Wildman–Crippen MR) is 105 cm³/mol. The van der Waals surface area contributed by atoms with Gasteiger partial charge in [0.15, 0.2) is 5.96 Å².